The molecule has 0 radical (unpaired) electrons. The lowest BCUT2D eigenvalue weighted by Gasteiger charge is -2.28. The number of aromatic nitrogens is 2. The zero-order chi connectivity index (χ0) is 23.4. The summed E-state index contributed by atoms with van der Waals surface area (Å²) < 4.78 is 45.6. The van der Waals surface area contributed by atoms with Gasteiger partial charge in [0.15, 0.2) is 15.7 Å². The van der Waals surface area contributed by atoms with Crippen LogP contribution in [0.2, 0.25) is 0 Å². The average molecular weight is 476 g/mol. The Bertz CT molecular complexity index is 1120. The number of nitrogens with one attached hydrogen (secondary N) is 3. The van der Waals surface area contributed by atoms with Crippen molar-refractivity contribution in [2.75, 3.05) is 23.8 Å². The number of carbonyl (C=O) groups excluding carboxylic acids is 1. The standard InChI is InChI=1S/C22H26FN5O4S/c23-15-10-18(17(12-24)20(11-15)33(30,31)16-1-2-16)27-19(9-14-3-7-32-8-4-14)22(29)28-21-13-25-5-6-26-21/h5-6,10-14,16,19,24,27H,1-4,7-9H2,(H,26,28,29). The molecular weight excluding hydrogens is 449 g/mol. The number of amides is 1. The quantitative estimate of drug-likeness (QED) is 0.475. The maximum atomic E-state index is 14.5. The van der Waals surface area contributed by atoms with Gasteiger partial charge in [-0.15, -0.1) is 0 Å². The van der Waals surface area contributed by atoms with E-state index in [2.05, 4.69) is 20.6 Å². The van der Waals surface area contributed by atoms with Crippen LogP contribution in [0.15, 0.2) is 35.6 Å². The van der Waals surface area contributed by atoms with Crippen LogP contribution in [-0.2, 0) is 19.4 Å². The van der Waals surface area contributed by atoms with Crippen molar-refractivity contribution in [1.82, 2.24) is 9.97 Å². The number of carbonyl (C=O) groups is 1. The molecule has 176 valence electrons. The maximum absolute atomic E-state index is 14.5. The van der Waals surface area contributed by atoms with Gasteiger partial charge in [-0.05, 0) is 50.2 Å². The Balaban J connectivity index is 1.65. The van der Waals surface area contributed by atoms with E-state index in [1.165, 1.54) is 18.6 Å². The molecule has 1 amide bonds. The largest absolute Gasteiger partial charge is 0.381 e. The van der Waals surface area contributed by atoms with Crippen molar-refractivity contribution in [3.05, 3.63) is 42.1 Å². The number of benzene rings is 1. The summed E-state index contributed by atoms with van der Waals surface area (Å²) in [7, 11) is -3.75. The molecule has 2 aromatic rings. The Hall–Kier alpha value is -2.92. The normalized spacial score (nSPS) is 17.8. The highest BCUT2D eigenvalue weighted by Gasteiger charge is 2.39. The molecular formula is C22H26FN5O4S. The van der Waals surface area contributed by atoms with Crippen molar-refractivity contribution in [2.45, 2.75) is 48.3 Å². The smallest absolute Gasteiger partial charge is 0.248 e. The third kappa shape index (κ3) is 5.53. The van der Waals surface area contributed by atoms with E-state index >= 15 is 0 Å². The van der Waals surface area contributed by atoms with Gasteiger partial charge in [-0.25, -0.2) is 17.8 Å². The third-order valence-electron chi connectivity index (χ3n) is 5.89. The second-order valence-electron chi connectivity index (χ2n) is 8.32. The van der Waals surface area contributed by atoms with Crippen molar-refractivity contribution >= 4 is 33.5 Å². The van der Waals surface area contributed by atoms with E-state index in [0.717, 1.165) is 31.2 Å². The van der Waals surface area contributed by atoms with E-state index in [0.29, 0.717) is 32.5 Å². The molecule has 33 heavy (non-hydrogen) atoms. The molecule has 11 heteroatoms. The summed E-state index contributed by atoms with van der Waals surface area (Å²) in [5.41, 5.74) is 0.142. The van der Waals surface area contributed by atoms with E-state index < -0.39 is 32.9 Å². The topological polar surface area (TPSA) is 134 Å². The van der Waals surface area contributed by atoms with Gasteiger partial charge in [0.05, 0.1) is 16.3 Å². The van der Waals surface area contributed by atoms with E-state index in [4.69, 9.17) is 10.1 Å². The zero-order valence-corrected chi connectivity index (χ0v) is 18.8. The van der Waals surface area contributed by atoms with Gasteiger partial charge in [-0.3, -0.25) is 9.78 Å². The third-order valence-corrected chi connectivity index (χ3v) is 8.19. The predicted molar refractivity (Wildman–Crippen MR) is 121 cm³/mol. The fourth-order valence-electron chi connectivity index (χ4n) is 3.97. The lowest BCUT2D eigenvalue weighted by molar-refractivity contribution is -0.117. The number of ether oxygens (including phenoxy) is 1. The van der Waals surface area contributed by atoms with Crippen LogP contribution in [-0.4, -0.2) is 55.0 Å². The second-order valence-corrected chi connectivity index (χ2v) is 10.5. The van der Waals surface area contributed by atoms with Crippen molar-refractivity contribution in [3.8, 4) is 0 Å². The molecule has 0 spiro atoms. The molecule has 3 N–H and O–H groups in total. The molecule has 2 aliphatic rings. The SMILES string of the molecule is N=Cc1c(NC(CC2CCOCC2)C(=O)Nc2cnccn2)cc(F)cc1S(=O)(=O)C1CC1. The van der Waals surface area contributed by atoms with Crippen molar-refractivity contribution in [1.29, 1.82) is 5.41 Å². The summed E-state index contributed by atoms with van der Waals surface area (Å²) in [5.74, 6) is -0.699. The van der Waals surface area contributed by atoms with Gasteiger partial charge in [0.1, 0.15) is 11.9 Å². The first kappa shape index (κ1) is 23.2. The number of rotatable bonds is 9. The van der Waals surface area contributed by atoms with Crippen LogP contribution < -0.4 is 10.6 Å². The molecule has 1 aliphatic heterocycles. The Kier molecular flexibility index (Phi) is 6.99. The van der Waals surface area contributed by atoms with Crippen molar-refractivity contribution in [2.24, 2.45) is 5.92 Å². The number of hydrogen-bond acceptors (Lipinski definition) is 8. The average Bonchev–Trinajstić information content (AvgIpc) is 3.66. The molecule has 1 aromatic heterocycles. The monoisotopic (exact) mass is 475 g/mol. The maximum Gasteiger partial charge on any atom is 0.248 e. The first-order valence-corrected chi connectivity index (χ1v) is 12.4. The predicted octanol–water partition coefficient (Wildman–Crippen LogP) is 2.79. The van der Waals surface area contributed by atoms with Gasteiger partial charge in [0, 0.05) is 43.1 Å². The number of anilines is 2. The van der Waals surface area contributed by atoms with Gasteiger partial charge in [0.25, 0.3) is 0 Å². The van der Waals surface area contributed by atoms with Crippen LogP contribution in [0.1, 0.15) is 37.7 Å². The molecule has 1 aliphatic carbocycles. The first-order chi connectivity index (χ1) is 15.9. The van der Waals surface area contributed by atoms with Crippen LogP contribution >= 0.6 is 0 Å². The number of sulfone groups is 1. The molecule has 1 aromatic carbocycles. The van der Waals surface area contributed by atoms with Gasteiger partial charge >= 0.3 is 0 Å². The van der Waals surface area contributed by atoms with E-state index in [9.17, 15) is 17.6 Å². The van der Waals surface area contributed by atoms with E-state index in [1.54, 1.807) is 0 Å². The molecule has 2 heterocycles. The summed E-state index contributed by atoms with van der Waals surface area (Å²) in [6, 6.07) is 1.26. The Morgan fingerprint density at radius 3 is 2.64 bits per heavy atom. The molecule has 1 unspecified atom stereocenters. The summed E-state index contributed by atoms with van der Waals surface area (Å²) in [6.45, 7) is 1.19. The van der Waals surface area contributed by atoms with Gasteiger partial charge < -0.3 is 20.8 Å². The summed E-state index contributed by atoms with van der Waals surface area (Å²) in [6.07, 6.45) is 8.25. The highest BCUT2D eigenvalue weighted by molar-refractivity contribution is 7.92. The first-order valence-electron chi connectivity index (χ1n) is 10.9. The molecule has 1 saturated heterocycles. The second kappa shape index (κ2) is 9.92. The Morgan fingerprint density at radius 1 is 1.24 bits per heavy atom. The van der Waals surface area contributed by atoms with E-state index in [1.807, 2.05) is 0 Å². The highest BCUT2D eigenvalue weighted by Crippen LogP contribution is 2.37. The minimum atomic E-state index is -3.75. The van der Waals surface area contributed by atoms with Crippen LogP contribution in [0, 0.1) is 17.1 Å². The van der Waals surface area contributed by atoms with Crippen LogP contribution in [0.25, 0.3) is 0 Å². The van der Waals surface area contributed by atoms with Gasteiger partial charge in [-0.2, -0.15) is 0 Å². The fourth-order valence-corrected chi connectivity index (χ4v) is 5.83. The molecule has 1 saturated carbocycles. The Morgan fingerprint density at radius 2 is 2.00 bits per heavy atom. The molecule has 0 bridgehead atoms. The number of hydrogen-bond donors (Lipinski definition) is 3. The highest BCUT2D eigenvalue weighted by atomic mass is 32.2. The molecule has 4 rings (SSSR count). The van der Waals surface area contributed by atoms with Crippen LogP contribution in [0.3, 0.4) is 0 Å². The lowest BCUT2D eigenvalue weighted by atomic mass is 9.92. The lowest BCUT2D eigenvalue weighted by Crippen LogP contribution is -2.38. The molecule has 2 fully saturated rings. The van der Waals surface area contributed by atoms with Crippen LogP contribution in [0.5, 0.6) is 0 Å². The van der Waals surface area contributed by atoms with Gasteiger partial charge in [0.2, 0.25) is 5.91 Å². The van der Waals surface area contributed by atoms with Crippen molar-refractivity contribution in [3.63, 3.8) is 0 Å². The number of halogens is 1. The Labute approximate surface area is 191 Å². The summed E-state index contributed by atoms with van der Waals surface area (Å²) >= 11 is 0. The van der Waals surface area contributed by atoms with E-state index in [-0.39, 0.29) is 27.9 Å². The minimum Gasteiger partial charge on any atom is -0.381 e. The summed E-state index contributed by atoms with van der Waals surface area (Å²) in [4.78, 5) is 20.9. The fraction of sp³-hybridized carbons (Fsp3) is 0.455. The number of nitrogens with zero attached hydrogens (tertiary/aromatic N) is 2. The van der Waals surface area contributed by atoms with Gasteiger partial charge in [-0.1, -0.05) is 0 Å². The minimum absolute atomic E-state index is 0.0487. The molecule has 9 nitrogen and oxygen atoms in total. The zero-order valence-electron chi connectivity index (χ0n) is 18.0. The van der Waals surface area contributed by atoms with Crippen LogP contribution in [0.4, 0.5) is 15.9 Å². The molecule has 1 atom stereocenters. The summed E-state index contributed by atoms with van der Waals surface area (Å²) in [5, 5.41) is 13.0. The van der Waals surface area contributed by atoms with Crippen molar-refractivity contribution < 1.29 is 22.3 Å².